The third kappa shape index (κ3) is 7.76. The maximum absolute atomic E-state index is 14.0. The molecule has 8 nitrogen and oxygen atoms in total. The van der Waals surface area contributed by atoms with Crippen molar-refractivity contribution in [2.75, 3.05) is 12.4 Å². The summed E-state index contributed by atoms with van der Waals surface area (Å²) in [4.78, 5) is 54.7. The quantitative estimate of drug-likeness (QED) is 0.272. The fourth-order valence-electron chi connectivity index (χ4n) is 6.18. The number of carbonyl (C=O) groups is 3. The highest BCUT2D eigenvalue weighted by Gasteiger charge is 2.31. The van der Waals surface area contributed by atoms with Crippen LogP contribution in [0.2, 0.25) is 0 Å². The van der Waals surface area contributed by atoms with Crippen LogP contribution in [0.15, 0.2) is 89.9 Å². The number of ketones is 1. The molecule has 0 saturated carbocycles. The Bertz CT molecular complexity index is 1840. The fraction of sp³-hybridized carbons (Fsp3) is 0.350. The van der Waals surface area contributed by atoms with Crippen molar-refractivity contribution in [3.8, 4) is 5.75 Å². The number of aromatic nitrogens is 1. The number of hydrogen-bond donors (Lipinski definition) is 2. The van der Waals surface area contributed by atoms with Crippen LogP contribution in [-0.4, -0.2) is 35.3 Å². The van der Waals surface area contributed by atoms with Crippen molar-refractivity contribution >= 4 is 23.3 Å². The topological polar surface area (TPSA) is 106 Å². The summed E-state index contributed by atoms with van der Waals surface area (Å²) in [5, 5.41) is 5.83. The molecule has 2 amide bonds. The number of aryl methyl sites for hydroxylation is 1. The first-order valence-electron chi connectivity index (χ1n) is 16.5. The van der Waals surface area contributed by atoms with E-state index < -0.39 is 23.3 Å². The van der Waals surface area contributed by atoms with E-state index >= 15 is 0 Å². The van der Waals surface area contributed by atoms with Gasteiger partial charge in [-0.05, 0) is 91.6 Å². The van der Waals surface area contributed by atoms with Gasteiger partial charge in [0.2, 0.25) is 11.8 Å². The lowest BCUT2D eigenvalue weighted by molar-refractivity contribution is -0.127. The molecule has 4 aromatic rings. The van der Waals surface area contributed by atoms with Gasteiger partial charge in [0.25, 0.3) is 5.56 Å². The van der Waals surface area contributed by atoms with Crippen molar-refractivity contribution in [1.82, 2.24) is 9.88 Å². The van der Waals surface area contributed by atoms with Crippen molar-refractivity contribution in [2.24, 2.45) is 5.92 Å². The molecule has 1 unspecified atom stereocenters. The molecule has 2 N–H and O–H groups in total. The summed E-state index contributed by atoms with van der Waals surface area (Å²) in [5.74, 6) is -0.234. The van der Waals surface area contributed by atoms with Gasteiger partial charge in [-0.25, -0.2) is 0 Å². The predicted molar refractivity (Wildman–Crippen MR) is 189 cm³/mol. The van der Waals surface area contributed by atoms with Gasteiger partial charge in [0.15, 0.2) is 0 Å². The second-order valence-corrected chi connectivity index (χ2v) is 13.6. The molecule has 0 spiro atoms. The van der Waals surface area contributed by atoms with Crippen molar-refractivity contribution in [1.29, 1.82) is 0 Å². The number of amides is 2. The van der Waals surface area contributed by atoms with Crippen LogP contribution in [0.3, 0.4) is 0 Å². The van der Waals surface area contributed by atoms with Gasteiger partial charge in [0.1, 0.15) is 23.3 Å². The number of carbonyl (C=O) groups excluding carboxylic acids is 3. The Morgan fingerprint density at radius 1 is 0.875 bits per heavy atom. The number of rotatable bonds is 5. The highest BCUT2D eigenvalue weighted by Crippen LogP contribution is 2.29. The largest absolute Gasteiger partial charge is 0.497 e. The maximum Gasteiger partial charge on any atom is 0.274 e. The normalized spacial score (nSPS) is 19.7. The molecule has 3 atom stereocenters. The van der Waals surface area contributed by atoms with Crippen molar-refractivity contribution in [3.05, 3.63) is 129 Å². The lowest BCUT2D eigenvalue weighted by atomic mass is 9.76. The van der Waals surface area contributed by atoms with Crippen LogP contribution in [0.4, 0.5) is 5.69 Å². The first kappa shape index (κ1) is 34.4. The van der Waals surface area contributed by atoms with Gasteiger partial charge in [-0.3, -0.25) is 19.2 Å². The number of hydrogen-bond acceptors (Lipinski definition) is 5. The molecule has 0 radical (unpaired) electrons. The van der Waals surface area contributed by atoms with Gasteiger partial charge in [-0.15, -0.1) is 0 Å². The Morgan fingerprint density at radius 3 is 2.15 bits per heavy atom. The zero-order valence-corrected chi connectivity index (χ0v) is 28.6. The average Bonchev–Trinajstić information content (AvgIpc) is 3.07. The van der Waals surface area contributed by atoms with E-state index in [1.165, 1.54) is 0 Å². The molecule has 0 aliphatic carbocycles. The monoisotopic (exact) mass is 647 g/mol. The number of nitrogens with zero attached hydrogens (tertiary/aromatic N) is 1. The number of pyridine rings is 1. The lowest BCUT2D eigenvalue weighted by Crippen LogP contribution is -2.47. The summed E-state index contributed by atoms with van der Waals surface area (Å²) >= 11 is 0. The van der Waals surface area contributed by atoms with Gasteiger partial charge in [0.05, 0.1) is 19.6 Å². The molecule has 1 aromatic heterocycles. The minimum atomic E-state index is -0.964. The Labute approximate surface area is 282 Å². The van der Waals surface area contributed by atoms with Gasteiger partial charge in [-0.1, -0.05) is 67.6 Å². The van der Waals surface area contributed by atoms with E-state index in [1.54, 1.807) is 30.9 Å². The lowest BCUT2D eigenvalue weighted by Gasteiger charge is -2.26. The van der Waals surface area contributed by atoms with E-state index in [4.69, 9.17) is 4.74 Å². The van der Waals surface area contributed by atoms with Crippen LogP contribution in [0.1, 0.15) is 73.4 Å². The molecule has 4 bridgehead atoms. The van der Waals surface area contributed by atoms with Crippen LogP contribution >= 0.6 is 0 Å². The highest BCUT2D eigenvalue weighted by atomic mass is 16.5. The highest BCUT2D eigenvalue weighted by molar-refractivity contribution is 5.98. The van der Waals surface area contributed by atoms with Crippen LogP contribution < -0.4 is 20.9 Å². The summed E-state index contributed by atoms with van der Waals surface area (Å²) in [5.41, 5.74) is 4.29. The third-order valence-corrected chi connectivity index (χ3v) is 9.57. The molecule has 8 rings (SSSR count). The zero-order valence-electron chi connectivity index (χ0n) is 28.6. The maximum atomic E-state index is 14.0. The average molecular weight is 648 g/mol. The van der Waals surface area contributed by atoms with Gasteiger partial charge in [0, 0.05) is 24.5 Å². The molecule has 4 aliphatic heterocycles. The van der Waals surface area contributed by atoms with E-state index in [0.29, 0.717) is 18.5 Å². The van der Waals surface area contributed by atoms with E-state index in [-0.39, 0.29) is 35.3 Å². The number of nitrogens with one attached hydrogen (secondary N) is 2. The number of methoxy groups -OCH3 is 1. The zero-order chi connectivity index (χ0) is 34.6. The van der Waals surface area contributed by atoms with Gasteiger partial charge >= 0.3 is 0 Å². The molecule has 3 aromatic carbocycles. The Balaban J connectivity index is 1.45. The molecule has 0 saturated heterocycles. The molecule has 48 heavy (non-hydrogen) atoms. The molecule has 250 valence electrons. The minimum Gasteiger partial charge on any atom is -0.497 e. The summed E-state index contributed by atoms with van der Waals surface area (Å²) < 4.78 is 6.78. The minimum absolute atomic E-state index is 0.165. The standard InChI is InChI=1S/C40H45N3O5/c1-25-21-28-7-13-31(14-8-28)27(3)37(45)41-34(23-29-9-15-32(16-10-29)40(4,5)35(44)22-25)38(46)42-36-26(2)19-20-43(39(36)47)24-30-11-17-33(48-6)18-12-30/h7-20,25,27,34H,21-24H2,1-6H3,(H,41,45)(H,42,46)/t25?,27-,34-/m0/s1. The molecule has 8 heteroatoms. The van der Waals surface area contributed by atoms with Crippen LogP contribution in [0.25, 0.3) is 0 Å². The number of ether oxygens (including phenoxy) is 1. The second-order valence-electron chi connectivity index (χ2n) is 13.6. The van der Waals surface area contributed by atoms with Crippen molar-refractivity contribution < 1.29 is 19.1 Å². The number of anilines is 1. The van der Waals surface area contributed by atoms with Gasteiger partial charge in [-0.2, -0.15) is 0 Å². The molecule has 5 heterocycles. The number of Topliss-reactive ketones (excluding diaryl/α,β-unsaturated/α-hetero) is 1. The van der Waals surface area contributed by atoms with Crippen molar-refractivity contribution in [2.45, 2.75) is 77.8 Å². The van der Waals surface area contributed by atoms with Gasteiger partial charge < -0.3 is 19.9 Å². The summed E-state index contributed by atoms with van der Waals surface area (Å²) in [7, 11) is 1.60. The summed E-state index contributed by atoms with van der Waals surface area (Å²) in [6, 6.07) is 23.8. The Hall–Kier alpha value is -4.98. The first-order valence-corrected chi connectivity index (χ1v) is 16.5. The summed E-state index contributed by atoms with van der Waals surface area (Å²) in [6.07, 6.45) is 3.11. The second kappa shape index (κ2) is 14.4. The molecular formula is C40H45N3O5. The van der Waals surface area contributed by atoms with E-state index in [9.17, 15) is 19.2 Å². The first-order chi connectivity index (χ1) is 22.8. The van der Waals surface area contributed by atoms with Crippen LogP contribution in [0.5, 0.6) is 5.75 Å². The van der Waals surface area contributed by atoms with E-state index in [2.05, 4.69) is 17.6 Å². The molecule has 4 aliphatic rings. The molecule has 0 fully saturated rings. The van der Waals surface area contributed by atoms with Crippen LogP contribution in [-0.2, 0) is 39.2 Å². The molecular weight excluding hydrogens is 602 g/mol. The fourth-order valence-corrected chi connectivity index (χ4v) is 6.18. The van der Waals surface area contributed by atoms with E-state index in [1.807, 2.05) is 93.6 Å². The third-order valence-electron chi connectivity index (χ3n) is 9.57. The van der Waals surface area contributed by atoms with Crippen LogP contribution in [0, 0.1) is 12.8 Å². The Kier molecular flexibility index (Phi) is 10.3. The Morgan fingerprint density at radius 2 is 1.50 bits per heavy atom. The number of benzene rings is 3. The van der Waals surface area contributed by atoms with E-state index in [0.717, 1.165) is 40.0 Å². The summed E-state index contributed by atoms with van der Waals surface area (Å²) in [6.45, 7) is 9.89. The SMILES string of the molecule is COc1ccc(Cn2ccc(C)c(NC(=O)[C@@H]3Cc4ccc(cc4)C(C)(C)C(=O)CC(C)Cc4ccc(cc4)[C@H](C)C(=O)N3)c2=O)cc1. The van der Waals surface area contributed by atoms with Crippen molar-refractivity contribution in [3.63, 3.8) is 0 Å². The predicted octanol–water partition coefficient (Wildman–Crippen LogP) is 6.11. The smallest absolute Gasteiger partial charge is 0.274 e.